The van der Waals surface area contributed by atoms with Crippen LogP contribution in [0.1, 0.15) is 32.3 Å². The SMILES string of the molecule is CC(C)(C)OC(=O)Nc1cc(C(CN)C(=O)O)ccc1O. The van der Waals surface area contributed by atoms with E-state index in [0.29, 0.717) is 5.56 Å². The van der Waals surface area contributed by atoms with E-state index in [1.807, 2.05) is 0 Å². The fraction of sp³-hybridized carbons (Fsp3) is 0.429. The fourth-order valence-electron chi connectivity index (χ4n) is 1.66. The molecule has 1 amide bonds. The van der Waals surface area contributed by atoms with Gasteiger partial charge < -0.3 is 20.7 Å². The fourth-order valence-corrected chi connectivity index (χ4v) is 1.66. The highest BCUT2D eigenvalue weighted by Gasteiger charge is 2.21. The Labute approximate surface area is 122 Å². The largest absolute Gasteiger partial charge is 0.506 e. The number of phenolic OH excluding ortho intramolecular Hbond substituents is 1. The summed E-state index contributed by atoms with van der Waals surface area (Å²) < 4.78 is 5.07. The van der Waals surface area contributed by atoms with Gasteiger partial charge in [-0.25, -0.2) is 4.79 Å². The molecule has 0 radical (unpaired) electrons. The number of carbonyl (C=O) groups is 2. The molecule has 21 heavy (non-hydrogen) atoms. The summed E-state index contributed by atoms with van der Waals surface area (Å²) in [6, 6.07) is 4.11. The molecule has 1 atom stereocenters. The number of amides is 1. The van der Waals surface area contributed by atoms with E-state index in [1.54, 1.807) is 20.8 Å². The third kappa shape index (κ3) is 4.96. The van der Waals surface area contributed by atoms with Crippen LogP contribution in [-0.4, -0.2) is 34.4 Å². The first-order valence-electron chi connectivity index (χ1n) is 6.40. The quantitative estimate of drug-likeness (QED) is 0.629. The first-order chi connectivity index (χ1) is 9.64. The molecule has 1 rings (SSSR count). The highest BCUT2D eigenvalue weighted by Crippen LogP contribution is 2.28. The Balaban J connectivity index is 2.97. The number of aliphatic carboxylic acids is 1. The number of carboxylic acids is 1. The summed E-state index contributed by atoms with van der Waals surface area (Å²) in [4.78, 5) is 22.8. The van der Waals surface area contributed by atoms with Gasteiger partial charge in [0.2, 0.25) is 0 Å². The Kier molecular flexibility index (Phi) is 5.15. The Hall–Kier alpha value is -2.28. The van der Waals surface area contributed by atoms with E-state index in [0.717, 1.165) is 0 Å². The number of benzene rings is 1. The smallest absolute Gasteiger partial charge is 0.412 e. The maximum atomic E-state index is 11.7. The molecule has 116 valence electrons. The molecule has 0 aliphatic heterocycles. The first-order valence-corrected chi connectivity index (χ1v) is 6.40. The lowest BCUT2D eigenvalue weighted by Crippen LogP contribution is -2.27. The second-order valence-corrected chi connectivity index (χ2v) is 5.53. The number of hydrogen-bond donors (Lipinski definition) is 4. The van der Waals surface area contributed by atoms with Gasteiger partial charge in [0.05, 0.1) is 11.6 Å². The molecule has 1 aromatic carbocycles. The van der Waals surface area contributed by atoms with Gasteiger partial charge in [-0.2, -0.15) is 0 Å². The molecule has 7 heteroatoms. The van der Waals surface area contributed by atoms with Crippen molar-refractivity contribution in [2.24, 2.45) is 5.73 Å². The van der Waals surface area contributed by atoms with E-state index in [9.17, 15) is 14.7 Å². The lowest BCUT2D eigenvalue weighted by atomic mass is 9.98. The van der Waals surface area contributed by atoms with Crippen molar-refractivity contribution in [1.82, 2.24) is 0 Å². The minimum absolute atomic E-state index is 0.0708. The van der Waals surface area contributed by atoms with Gasteiger partial charge in [0.25, 0.3) is 0 Å². The van der Waals surface area contributed by atoms with Crippen LogP contribution >= 0.6 is 0 Å². The number of carboxylic acid groups (broad SMARTS) is 1. The molecule has 0 fully saturated rings. The average Bonchev–Trinajstić information content (AvgIpc) is 2.31. The Bertz CT molecular complexity index is 537. The molecule has 0 saturated heterocycles. The number of nitrogens with two attached hydrogens (primary N) is 1. The normalized spacial score (nSPS) is 12.6. The van der Waals surface area contributed by atoms with Crippen molar-refractivity contribution in [1.29, 1.82) is 0 Å². The van der Waals surface area contributed by atoms with Gasteiger partial charge in [-0.15, -0.1) is 0 Å². The molecule has 0 aliphatic rings. The lowest BCUT2D eigenvalue weighted by molar-refractivity contribution is -0.138. The van der Waals surface area contributed by atoms with Crippen LogP contribution in [0.5, 0.6) is 5.75 Å². The second kappa shape index (κ2) is 6.45. The summed E-state index contributed by atoms with van der Waals surface area (Å²) in [6.45, 7) is 5.03. The van der Waals surface area contributed by atoms with E-state index in [-0.39, 0.29) is 18.0 Å². The average molecular weight is 296 g/mol. The topological polar surface area (TPSA) is 122 Å². The molecule has 7 nitrogen and oxygen atoms in total. The molecule has 0 spiro atoms. The highest BCUT2D eigenvalue weighted by molar-refractivity contribution is 5.87. The molecule has 0 aromatic heterocycles. The molecule has 0 saturated carbocycles. The van der Waals surface area contributed by atoms with E-state index < -0.39 is 23.6 Å². The molecule has 0 heterocycles. The number of phenols is 1. The maximum absolute atomic E-state index is 11.7. The number of carbonyl (C=O) groups excluding carboxylic acids is 1. The summed E-state index contributed by atoms with van der Waals surface area (Å²) >= 11 is 0. The van der Waals surface area contributed by atoms with Crippen LogP contribution in [0.4, 0.5) is 10.5 Å². The zero-order chi connectivity index (χ0) is 16.2. The van der Waals surface area contributed by atoms with Crippen LogP contribution in [-0.2, 0) is 9.53 Å². The van der Waals surface area contributed by atoms with E-state index >= 15 is 0 Å². The number of rotatable bonds is 4. The van der Waals surface area contributed by atoms with Crippen molar-refractivity contribution in [2.75, 3.05) is 11.9 Å². The third-order valence-electron chi connectivity index (χ3n) is 2.59. The number of nitrogens with one attached hydrogen (secondary N) is 1. The molecule has 1 aromatic rings. The predicted molar refractivity (Wildman–Crippen MR) is 77.4 cm³/mol. The Morgan fingerprint density at radius 1 is 1.38 bits per heavy atom. The van der Waals surface area contributed by atoms with Gasteiger partial charge in [0.1, 0.15) is 11.4 Å². The van der Waals surface area contributed by atoms with Crippen LogP contribution in [0, 0.1) is 0 Å². The Morgan fingerprint density at radius 3 is 2.48 bits per heavy atom. The summed E-state index contributed by atoms with van der Waals surface area (Å²) in [7, 11) is 0. The van der Waals surface area contributed by atoms with Gasteiger partial charge in [-0.3, -0.25) is 10.1 Å². The van der Waals surface area contributed by atoms with Gasteiger partial charge >= 0.3 is 12.1 Å². The summed E-state index contributed by atoms with van der Waals surface area (Å²) in [6.07, 6.45) is -0.741. The zero-order valence-corrected chi connectivity index (χ0v) is 12.2. The predicted octanol–water partition coefficient (Wildman–Crippen LogP) is 1.87. The van der Waals surface area contributed by atoms with Crippen molar-refractivity contribution >= 4 is 17.7 Å². The minimum atomic E-state index is -1.08. The number of hydrogen-bond acceptors (Lipinski definition) is 5. The van der Waals surface area contributed by atoms with E-state index in [4.69, 9.17) is 15.6 Å². The van der Waals surface area contributed by atoms with Gasteiger partial charge in [-0.1, -0.05) is 6.07 Å². The van der Waals surface area contributed by atoms with Gasteiger partial charge in [-0.05, 0) is 38.5 Å². The van der Waals surface area contributed by atoms with Crippen molar-refractivity contribution in [2.45, 2.75) is 32.3 Å². The lowest BCUT2D eigenvalue weighted by Gasteiger charge is -2.20. The van der Waals surface area contributed by atoms with Crippen molar-refractivity contribution < 1.29 is 24.5 Å². The van der Waals surface area contributed by atoms with E-state index in [1.165, 1.54) is 18.2 Å². The summed E-state index contributed by atoms with van der Waals surface area (Å²) in [5, 5.41) is 21.2. The number of anilines is 1. The molecule has 5 N–H and O–H groups in total. The van der Waals surface area contributed by atoms with Gasteiger partial charge in [0, 0.05) is 6.54 Å². The summed E-state index contributed by atoms with van der Waals surface area (Å²) in [5.74, 6) is -2.18. The number of ether oxygens (including phenoxy) is 1. The maximum Gasteiger partial charge on any atom is 0.412 e. The van der Waals surface area contributed by atoms with Crippen molar-refractivity contribution in [3.8, 4) is 5.75 Å². The summed E-state index contributed by atoms with van der Waals surface area (Å²) in [5.41, 5.74) is 5.19. The molecular weight excluding hydrogens is 276 g/mol. The van der Waals surface area contributed by atoms with Crippen LogP contribution in [0.2, 0.25) is 0 Å². The molecule has 0 bridgehead atoms. The van der Waals surface area contributed by atoms with Crippen molar-refractivity contribution in [3.05, 3.63) is 23.8 Å². The number of aromatic hydroxyl groups is 1. The molecule has 0 aliphatic carbocycles. The minimum Gasteiger partial charge on any atom is -0.506 e. The Morgan fingerprint density at radius 2 is 2.00 bits per heavy atom. The highest BCUT2D eigenvalue weighted by atomic mass is 16.6. The molecule has 1 unspecified atom stereocenters. The van der Waals surface area contributed by atoms with Gasteiger partial charge in [0.15, 0.2) is 0 Å². The molecular formula is C14H20N2O5. The third-order valence-corrected chi connectivity index (χ3v) is 2.59. The van der Waals surface area contributed by atoms with E-state index in [2.05, 4.69) is 5.32 Å². The van der Waals surface area contributed by atoms with Crippen LogP contribution in [0.15, 0.2) is 18.2 Å². The second-order valence-electron chi connectivity index (χ2n) is 5.53. The monoisotopic (exact) mass is 296 g/mol. The van der Waals surface area contributed by atoms with Crippen LogP contribution in [0.25, 0.3) is 0 Å². The van der Waals surface area contributed by atoms with Crippen LogP contribution < -0.4 is 11.1 Å². The zero-order valence-electron chi connectivity index (χ0n) is 12.2. The van der Waals surface area contributed by atoms with Crippen LogP contribution in [0.3, 0.4) is 0 Å². The standard InChI is InChI=1S/C14H20N2O5/c1-14(2,3)21-13(20)16-10-6-8(4-5-11(10)17)9(7-15)12(18)19/h4-6,9,17H,7,15H2,1-3H3,(H,16,20)(H,18,19). The first kappa shape index (κ1) is 16.8. The van der Waals surface area contributed by atoms with Crippen molar-refractivity contribution in [3.63, 3.8) is 0 Å².